The average Bonchev–Trinajstić information content (AvgIpc) is 2.14. The lowest BCUT2D eigenvalue weighted by atomic mass is 10.3. The van der Waals surface area contributed by atoms with Crippen LogP contribution in [0.3, 0.4) is 0 Å². The lowest BCUT2D eigenvalue weighted by Gasteiger charge is -2.33. The van der Waals surface area contributed by atoms with Crippen molar-refractivity contribution in [2.45, 2.75) is 6.42 Å². The maximum Gasteiger partial charge on any atom is 0.211 e. The predicted octanol–water partition coefficient (Wildman–Crippen LogP) is -0.760. The first-order valence-electron chi connectivity index (χ1n) is 4.85. The molecule has 1 aliphatic heterocycles. The van der Waals surface area contributed by atoms with Gasteiger partial charge in [-0.15, -0.1) is 0 Å². The van der Waals surface area contributed by atoms with Gasteiger partial charge in [0.2, 0.25) is 10.0 Å². The smallest absolute Gasteiger partial charge is 0.211 e. The molecule has 0 saturated carbocycles. The van der Waals surface area contributed by atoms with Crippen molar-refractivity contribution in [2.24, 2.45) is 5.73 Å². The highest BCUT2D eigenvalue weighted by molar-refractivity contribution is 7.88. The van der Waals surface area contributed by atoms with Crippen LogP contribution in [-0.4, -0.2) is 61.6 Å². The largest absolute Gasteiger partial charge is 0.393 e. The fraction of sp³-hybridized carbons (Fsp3) is 0.875. The summed E-state index contributed by atoms with van der Waals surface area (Å²) in [5.41, 5.74) is 5.40. The quantitative estimate of drug-likeness (QED) is 0.665. The molecule has 0 spiro atoms. The molecule has 0 aromatic heterocycles. The van der Waals surface area contributed by atoms with Gasteiger partial charge >= 0.3 is 0 Å². The highest BCUT2D eigenvalue weighted by atomic mass is 32.2. The normalized spacial score (nSPS) is 20.3. The molecule has 0 aliphatic carbocycles. The Hall–Kier alpha value is -0.240. The number of rotatable bonds is 4. The van der Waals surface area contributed by atoms with Crippen molar-refractivity contribution in [2.75, 3.05) is 39.0 Å². The van der Waals surface area contributed by atoms with Gasteiger partial charge in [-0.2, -0.15) is 4.31 Å². The second-order valence-electron chi connectivity index (χ2n) is 3.72. The number of thiocarbonyl (C=S) groups is 1. The first kappa shape index (κ1) is 12.8. The SMILES string of the molecule is CS(=O)(=O)N1CCN(CCC(N)=S)CC1. The highest BCUT2D eigenvalue weighted by Gasteiger charge is 2.22. The zero-order valence-electron chi connectivity index (χ0n) is 8.85. The van der Waals surface area contributed by atoms with E-state index < -0.39 is 10.0 Å². The van der Waals surface area contributed by atoms with Gasteiger partial charge in [0.1, 0.15) is 0 Å². The summed E-state index contributed by atoms with van der Waals surface area (Å²) in [4.78, 5) is 2.70. The van der Waals surface area contributed by atoms with Crippen molar-refractivity contribution in [3.63, 3.8) is 0 Å². The first-order valence-corrected chi connectivity index (χ1v) is 7.11. The fourth-order valence-electron chi connectivity index (χ4n) is 1.55. The molecule has 7 heteroatoms. The van der Waals surface area contributed by atoms with E-state index in [1.54, 1.807) is 0 Å². The Morgan fingerprint density at radius 1 is 1.33 bits per heavy atom. The van der Waals surface area contributed by atoms with E-state index in [1.165, 1.54) is 10.6 Å². The maximum absolute atomic E-state index is 11.2. The van der Waals surface area contributed by atoms with Crippen LogP contribution in [0.25, 0.3) is 0 Å². The summed E-state index contributed by atoms with van der Waals surface area (Å²) in [6, 6.07) is 0. The first-order chi connectivity index (χ1) is 6.89. The maximum atomic E-state index is 11.2. The Labute approximate surface area is 96.3 Å². The van der Waals surface area contributed by atoms with Crippen LogP contribution < -0.4 is 5.73 Å². The van der Waals surface area contributed by atoms with Crippen molar-refractivity contribution >= 4 is 27.2 Å². The van der Waals surface area contributed by atoms with Gasteiger partial charge in [-0.05, 0) is 0 Å². The summed E-state index contributed by atoms with van der Waals surface area (Å²) in [5.74, 6) is 0. The minimum absolute atomic E-state index is 0.514. The van der Waals surface area contributed by atoms with Gasteiger partial charge in [0.15, 0.2) is 0 Å². The third-order valence-electron chi connectivity index (χ3n) is 2.47. The second-order valence-corrected chi connectivity index (χ2v) is 6.23. The Morgan fingerprint density at radius 3 is 2.27 bits per heavy atom. The third-order valence-corrected chi connectivity index (χ3v) is 3.98. The molecule has 0 aromatic carbocycles. The fourth-order valence-corrected chi connectivity index (χ4v) is 2.47. The highest BCUT2D eigenvalue weighted by Crippen LogP contribution is 2.06. The van der Waals surface area contributed by atoms with E-state index in [0.717, 1.165) is 19.6 Å². The van der Waals surface area contributed by atoms with Crippen LogP contribution in [0, 0.1) is 0 Å². The molecule has 1 saturated heterocycles. The number of nitrogens with two attached hydrogens (primary N) is 1. The van der Waals surface area contributed by atoms with Crippen molar-refractivity contribution in [1.82, 2.24) is 9.21 Å². The topological polar surface area (TPSA) is 66.6 Å². The molecule has 88 valence electrons. The lowest BCUT2D eigenvalue weighted by molar-refractivity contribution is 0.193. The van der Waals surface area contributed by atoms with Crippen molar-refractivity contribution in [1.29, 1.82) is 0 Å². The number of nitrogens with zero attached hydrogens (tertiary/aromatic N) is 2. The molecule has 1 fully saturated rings. The lowest BCUT2D eigenvalue weighted by Crippen LogP contribution is -2.48. The molecule has 0 aromatic rings. The van der Waals surface area contributed by atoms with E-state index in [0.29, 0.717) is 24.5 Å². The Bertz CT molecular complexity index is 321. The molecule has 5 nitrogen and oxygen atoms in total. The molecular weight excluding hydrogens is 234 g/mol. The minimum Gasteiger partial charge on any atom is -0.393 e. The van der Waals surface area contributed by atoms with Gasteiger partial charge in [0.25, 0.3) is 0 Å². The van der Waals surface area contributed by atoms with E-state index in [1.807, 2.05) is 0 Å². The zero-order chi connectivity index (χ0) is 11.5. The Balaban J connectivity index is 2.33. The number of sulfonamides is 1. The molecule has 0 bridgehead atoms. The van der Waals surface area contributed by atoms with E-state index in [9.17, 15) is 8.42 Å². The summed E-state index contributed by atoms with van der Waals surface area (Å²) in [5, 5.41) is 0. The van der Waals surface area contributed by atoms with Crippen LogP contribution in [-0.2, 0) is 10.0 Å². The molecule has 1 heterocycles. The minimum atomic E-state index is -3.02. The Kier molecular flexibility index (Phi) is 4.45. The van der Waals surface area contributed by atoms with Crippen molar-refractivity contribution in [3.8, 4) is 0 Å². The summed E-state index contributed by atoms with van der Waals surface area (Å²) in [7, 11) is -3.02. The van der Waals surface area contributed by atoms with Crippen LogP contribution in [0.4, 0.5) is 0 Å². The second kappa shape index (κ2) is 5.20. The molecule has 15 heavy (non-hydrogen) atoms. The van der Waals surface area contributed by atoms with E-state index in [2.05, 4.69) is 4.90 Å². The Morgan fingerprint density at radius 2 is 1.87 bits per heavy atom. The van der Waals surface area contributed by atoms with Crippen LogP contribution in [0.5, 0.6) is 0 Å². The zero-order valence-corrected chi connectivity index (χ0v) is 10.5. The molecule has 0 radical (unpaired) electrons. The van der Waals surface area contributed by atoms with Crippen LogP contribution >= 0.6 is 12.2 Å². The molecule has 1 aliphatic rings. The number of hydrogen-bond acceptors (Lipinski definition) is 4. The van der Waals surface area contributed by atoms with Crippen molar-refractivity contribution in [3.05, 3.63) is 0 Å². The van der Waals surface area contributed by atoms with Crippen LogP contribution in [0.2, 0.25) is 0 Å². The van der Waals surface area contributed by atoms with Gasteiger partial charge in [0.05, 0.1) is 11.2 Å². The monoisotopic (exact) mass is 251 g/mol. The molecular formula is C8H17N3O2S2. The summed E-state index contributed by atoms with van der Waals surface area (Å²) < 4.78 is 24.0. The van der Waals surface area contributed by atoms with E-state index >= 15 is 0 Å². The molecule has 0 amide bonds. The predicted molar refractivity (Wildman–Crippen MR) is 64.3 cm³/mol. The van der Waals surface area contributed by atoms with Crippen molar-refractivity contribution < 1.29 is 8.42 Å². The molecule has 0 unspecified atom stereocenters. The van der Waals surface area contributed by atoms with E-state index in [4.69, 9.17) is 18.0 Å². The molecule has 0 atom stereocenters. The standard InChI is InChI=1S/C8H17N3O2S2/c1-15(12,13)11-6-4-10(5-7-11)3-2-8(9)14/h2-7H2,1H3,(H2,9,14). The summed E-state index contributed by atoms with van der Waals surface area (Å²) in [6.45, 7) is 3.48. The van der Waals surface area contributed by atoms with Crippen LogP contribution in [0.1, 0.15) is 6.42 Å². The van der Waals surface area contributed by atoms with Crippen LogP contribution in [0.15, 0.2) is 0 Å². The third kappa shape index (κ3) is 4.42. The average molecular weight is 251 g/mol. The van der Waals surface area contributed by atoms with Gasteiger partial charge in [0, 0.05) is 39.1 Å². The molecule has 2 N–H and O–H groups in total. The van der Waals surface area contributed by atoms with E-state index in [-0.39, 0.29) is 0 Å². The summed E-state index contributed by atoms with van der Waals surface area (Å²) in [6.07, 6.45) is 1.95. The van der Waals surface area contributed by atoms with Gasteiger partial charge < -0.3 is 10.6 Å². The molecule has 1 rings (SSSR count). The van der Waals surface area contributed by atoms with Gasteiger partial charge in [-0.1, -0.05) is 12.2 Å². The van der Waals surface area contributed by atoms with Gasteiger partial charge in [-0.25, -0.2) is 8.42 Å². The van der Waals surface area contributed by atoms with Gasteiger partial charge in [-0.3, -0.25) is 0 Å². The number of hydrogen-bond donors (Lipinski definition) is 1. The summed E-state index contributed by atoms with van der Waals surface area (Å²) >= 11 is 4.79. The number of piperazine rings is 1.